The minimum Gasteiger partial charge on any atom is -0.327 e. The molecule has 1 aliphatic rings. The lowest BCUT2D eigenvalue weighted by molar-refractivity contribution is 0.250. The first kappa shape index (κ1) is 16.8. The van der Waals surface area contributed by atoms with Crippen molar-refractivity contribution >= 4 is 38.4 Å². The highest BCUT2D eigenvalue weighted by Gasteiger charge is 2.32. The second kappa shape index (κ2) is 6.49. The van der Waals surface area contributed by atoms with Crippen molar-refractivity contribution in [1.29, 1.82) is 0 Å². The molecule has 2 unspecified atom stereocenters. The molecule has 2 N–H and O–H groups in total. The normalized spacial score (nSPS) is 24.8. The van der Waals surface area contributed by atoms with Crippen LogP contribution in [0.25, 0.3) is 0 Å². The van der Waals surface area contributed by atoms with E-state index in [9.17, 15) is 8.42 Å². The number of piperidine rings is 1. The van der Waals surface area contributed by atoms with E-state index < -0.39 is 10.0 Å². The molecule has 0 spiro atoms. The highest BCUT2D eigenvalue weighted by molar-refractivity contribution is 9.10. The van der Waals surface area contributed by atoms with E-state index in [-0.39, 0.29) is 29.3 Å². The fourth-order valence-corrected chi connectivity index (χ4v) is 4.09. The summed E-state index contributed by atoms with van der Waals surface area (Å²) >= 11 is 3.23. The molecule has 2 atom stereocenters. The molecule has 1 fully saturated rings. The zero-order valence-electron chi connectivity index (χ0n) is 10.5. The van der Waals surface area contributed by atoms with Crippen LogP contribution in [0.3, 0.4) is 0 Å². The molecule has 0 radical (unpaired) electrons. The fourth-order valence-electron chi connectivity index (χ4n) is 2.03. The standard InChI is InChI=1S/C11H16BrN3O2S.ClH/c1-8-7-15(3-2-11(8)13)18(16,17)10-4-9(12)5-14-6-10;/h4-6,8,11H,2-3,7,13H2,1H3;1H. The highest BCUT2D eigenvalue weighted by atomic mass is 79.9. The van der Waals surface area contributed by atoms with Gasteiger partial charge in [0.1, 0.15) is 4.90 Å². The van der Waals surface area contributed by atoms with Crippen LogP contribution >= 0.6 is 28.3 Å². The molecular weight excluding hydrogens is 354 g/mol. The summed E-state index contributed by atoms with van der Waals surface area (Å²) < 4.78 is 27.0. The van der Waals surface area contributed by atoms with Gasteiger partial charge in [-0.25, -0.2) is 8.42 Å². The van der Waals surface area contributed by atoms with Crippen molar-refractivity contribution in [2.45, 2.75) is 24.3 Å². The SMILES string of the molecule is CC1CN(S(=O)(=O)c2cncc(Br)c2)CCC1N.Cl. The summed E-state index contributed by atoms with van der Waals surface area (Å²) in [5, 5.41) is 0. The summed E-state index contributed by atoms with van der Waals surface area (Å²) in [5.41, 5.74) is 5.91. The average molecular weight is 371 g/mol. The number of sulfonamides is 1. The lowest BCUT2D eigenvalue weighted by Crippen LogP contribution is -2.48. The number of hydrogen-bond donors (Lipinski definition) is 1. The van der Waals surface area contributed by atoms with Crippen molar-refractivity contribution in [3.05, 3.63) is 22.9 Å². The minimum absolute atomic E-state index is 0. The molecule has 108 valence electrons. The van der Waals surface area contributed by atoms with Crippen LogP contribution in [0, 0.1) is 5.92 Å². The van der Waals surface area contributed by atoms with Crippen molar-refractivity contribution in [2.24, 2.45) is 11.7 Å². The van der Waals surface area contributed by atoms with Gasteiger partial charge in [-0.05, 0) is 34.3 Å². The summed E-state index contributed by atoms with van der Waals surface area (Å²) in [7, 11) is -3.46. The Labute approximate surface area is 128 Å². The van der Waals surface area contributed by atoms with Gasteiger partial charge >= 0.3 is 0 Å². The molecule has 19 heavy (non-hydrogen) atoms. The Hall–Kier alpha value is -0.210. The lowest BCUT2D eigenvalue weighted by Gasteiger charge is -2.34. The van der Waals surface area contributed by atoms with Crippen LogP contribution in [-0.4, -0.2) is 36.8 Å². The van der Waals surface area contributed by atoms with Gasteiger partial charge in [0.05, 0.1) is 0 Å². The second-order valence-corrected chi connectivity index (χ2v) is 7.49. The zero-order valence-corrected chi connectivity index (χ0v) is 13.7. The molecule has 2 heterocycles. The molecule has 2 rings (SSSR count). The third-order valence-corrected chi connectivity index (χ3v) is 5.52. The largest absolute Gasteiger partial charge is 0.327 e. The van der Waals surface area contributed by atoms with Gasteiger partial charge in [0.25, 0.3) is 0 Å². The molecule has 8 heteroatoms. The summed E-state index contributed by atoms with van der Waals surface area (Å²) in [6.07, 6.45) is 3.63. The third-order valence-electron chi connectivity index (χ3n) is 3.25. The van der Waals surface area contributed by atoms with Gasteiger partial charge < -0.3 is 5.73 Å². The van der Waals surface area contributed by atoms with Crippen molar-refractivity contribution in [1.82, 2.24) is 9.29 Å². The molecule has 1 aliphatic heterocycles. The van der Waals surface area contributed by atoms with E-state index in [1.165, 1.54) is 10.5 Å². The number of nitrogens with zero attached hydrogens (tertiary/aromatic N) is 2. The van der Waals surface area contributed by atoms with Crippen molar-refractivity contribution in [2.75, 3.05) is 13.1 Å². The first-order valence-corrected chi connectivity index (χ1v) is 8.01. The number of aromatic nitrogens is 1. The molecule has 0 amide bonds. The van der Waals surface area contributed by atoms with Crippen molar-refractivity contribution in [3.63, 3.8) is 0 Å². The minimum atomic E-state index is -3.46. The molecule has 0 aliphatic carbocycles. The average Bonchev–Trinajstić information content (AvgIpc) is 2.32. The van der Waals surface area contributed by atoms with Crippen LogP contribution in [0.15, 0.2) is 27.8 Å². The number of rotatable bonds is 2. The van der Waals surface area contributed by atoms with E-state index >= 15 is 0 Å². The van der Waals surface area contributed by atoms with Gasteiger partial charge in [-0.3, -0.25) is 4.98 Å². The van der Waals surface area contributed by atoms with Gasteiger partial charge in [0, 0.05) is 36.0 Å². The van der Waals surface area contributed by atoms with Gasteiger partial charge in [0.2, 0.25) is 10.0 Å². The summed E-state index contributed by atoms with van der Waals surface area (Å²) in [6.45, 7) is 2.92. The van der Waals surface area contributed by atoms with Crippen LogP contribution in [-0.2, 0) is 10.0 Å². The van der Waals surface area contributed by atoms with Gasteiger partial charge in [-0.1, -0.05) is 6.92 Å². The monoisotopic (exact) mass is 369 g/mol. The Morgan fingerprint density at radius 2 is 2.16 bits per heavy atom. The summed E-state index contributed by atoms with van der Waals surface area (Å²) in [6, 6.07) is 1.65. The van der Waals surface area contributed by atoms with Gasteiger partial charge in [-0.2, -0.15) is 4.31 Å². The molecule has 0 saturated carbocycles. The zero-order chi connectivity index (χ0) is 13.3. The van der Waals surface area contributed by atoms with E-state index in [1.807, 2.05) is 6.92 Å². The van der Waals surface area contributed by atoms with Gasteiger partial charge in [-0.15, -0.1) is 12.4 Å². The molecule has 1 aromatic heterocycles. The number of hydrogen-bond acceptors (Lipinski definition) is 4. The Morgan fingerprint density at radius 1 is 1.47 bits per heavy atom. The van der Waals surface area contributed by atoms with Crippen LogP contribution in [0.4, 0.5) is 0 Å². The maximum Gasteiger partial charge on any atom is 0.244 e. The van der Waals surface area contributed by atoms with E-state index in [2.05, 4.69) is 20.9 Å². The molecule has 0 bridgehead atoms. The smallest absolute Gasteiger partial charge is 0.244 e. The Kier molecular flexibility index (Phi) is 5.76. The fraction of sp³-hybridized carbons (Fsp3) is 0.545. The lowest BCUT2D eigenvalue weighted by atomic mass is 9.96. The van der Waals surface area contributed by atoms with Crippen LogP contribution in [0.5, 0.6) is 0 Å². The second-order valence-electron chi connectivity index (χ2n) is 4.63. The molecule has 5 nitrogen and oxygen atoms in total. The van der Waals surface area contributed by atoms with Crippen molar-refractivity contribution < 1.29 is 8.42 Å². The number of halogens is 2. The van der Waals surface area contributed by atoms with Gasteiger partial charge in [0.15, 0.2) is 0 Å². The predicted molar refractivity (Wildman–Crippen MR) is 79.7 cm³/mol. The topological polar surface area (TPSA) is 76.3 Å². The van der Waals surface area contributed by atoms with E-state index in [0.29, 0.717) is 24.0 Å². The Morgan fingerprint density at radius 3 is 2.74 bits per heavy atom. The molecular formula is C11H17BrClN3O2S. The number of pyridine rings is 1. The maximum absolute atomic E-state index is 12.4. The molecule has 1 saturated heterocycles. The third kappa shape index (κ3) is 3.66. The summed E-state index contributed by atoms with van der Waals surface area (Å²) in [4.78, 5) is 4.12. The predicted octanol–water partition coefficient (Wildman–Crippen LogP) is 1.62. The van der Waals surface area contributed by atoms with Crippen LogP contribution in [0.2, 0.25) is 0 Å². The Bertz CT molecular complexity index is 540. The first-order valence-electron chi connectivity index (χ1n) is 5.77. The quantitative estimate of drug-likeness (QED) is 0.858. The maximum atomic E-state index is 12.4. The van der Waals surface area contributed by atoms with E-state index in [4.69, 9.17) is 5.73 Å². The molecule has 0 aromatic carbocycles. The Balaban J connectivity index is 0.00000180. The van der Waals surface area contributed by atoms with Crippen LogP contribution in [0.1, 0.15) is 13.3 Å². The van der Waals surface area contributed by atoms with Crippen molar-refractivity contribution in [3.8, 4) is 0 Å². The van der Waals surface area contributed by atoms with Crippen LogP contribution < -0.4 is 5.73 Å². The summed E-state index contributed by atoms with van der Waals surface area (Å²) in [5.74, 6) is 0.175. The molecule has 1 aromatic rings. The van der Waals surface area contributed by atoms with E-state index in [0.717, 1.165) is 0 Å². The highest BCUT2D eigenvalue weighted by Crippen LogP contribution is 2.24. The number of nitrogens with two attached hydrogens (primary N) is 1. The first-order chi connectivity index (χ1) is 8.41. The van der Waals surface area contributed by atoms with E-state index in [1.54, 1.807) is 12.3 Å².